The normalized spacial score (nSPS) is 10.6. The van der Waals surface area contributed by atoms with Gasteiger partial charge < -0.3 is 4.74 Å². The van der Waals surface area contributed by atoms with E-state index in [4.69, 9.17) is 0 Å². The fraction of sp³-hybridized carbons (Fsp3) is 0.643. The van der Waals surface area contributed by atoms with Gasteiger partial charge in [-0.05, 0) is 25.7 Å². The number of carbonyl (C=O) groups is 1. The zero-order valence-corrected chi connectivity index (χ0v) is 10.4. The largest absolute Gasteiger partial charge is 0.469 e. The van der Waals surface area contributed by atoms with Gasteiger partial charge >= 0.3 is 5.97 Å². The first-order valence-electron chi connectivity index (χ1n) is 6.14. The number of ether oxygens (including phenoxy) is 1. The third-order valence-electron chi connectivity index (χ3n) is 2.45. The zero-order valence-electron chi connectivity index (χ0n) is 10.4. The molecule has 0 fully saturated rings. The van der Waals surface area contributed by atoms with Gasteiger partial charge in [-0.25, -0.2) is 0 Å². The smallest absolute Gasteiger partial charge is 0.305 e. The number of hydrogen-bond acceptors (Lipinski definition) is 2. The summed E-state index contributed by atoms with van der Waals surface area (Å²) in [6.45, 7) is 3.66. The number of unbranched alkanes of at least 4 members (excludes halogenated alkanes) is 5. The highest BCUT2D eigenvalue weighted by Gasteiger charge is 1.98. The van der Waals surface area contributed by atoms with Crippen molar-refractivity contribution in [1.29, 1.82) is 0 Å². The Morgan fingerprint density at radius 1 is 1.12 bits per heavy atom. The van der Waals surface area contributed by atoms with Crippen LogP contribution in [0.5, 0.6) is 0 Å². The molecule has 0 atom stereocenters. The predicted octanol–water partition coefficient (Wildman–Crippen LogP) is 4.02. The molecule has 0 aromatic rings. The fourth-order valence-electron chi connectivity index (χ4n) is 1.47. The molecule has 2 heteroatoms. The van der Waals surface area contributed by atoms with Crippen LogP contribution < -0.4 is 0 Å². The lowest BCUT2D eigenvalue weighted by atomic mass is 10.1. The lowest BCUT2D eigenvalue weighted by Gasteiger charge is -1.99. The van der Waals surface area contributed by atoms with Crippen LogP contribution in [-0.2, 0) is 9.53 Å². The molecule has 0 saturated carbocycles. The average Bonchev–Trinajstić information content (AvgIpc) is 2.31. The van der Waals surface area contributed by atoms with Crippen molar-refractivity contribution in [3.05, 3.63) is 24.8 Å². The standard InChI is InChI=1S/C14H24O2/c1-3-4-5-6-7-8-9-10-11-12-13-14(15)16-2/h3,5-6H,1,4,7-13H2,2H3/b6-5+. The molecule has 0 aromatic carbocycles. The van der Waals surface area contributed by atoms with Crippen molar-refractivity contribution in [3.63, 3.8) is 0 Å². The van der Waals surface area contributed by atoms with Gasteiger partial charge in [-0.2, -0.15) is 0 Å². The summed E-state index contributed by atoms with van der Waals surface area (Å²) in [7, 11) is 1.44. The summed E-state index contributed by atoms with van der Waals surface area (Å²) in [5.74, 6) is -0.0904. The average molecular weight is 224 g/mol. The van der Waals surface area contributed by atoms with Crippen LogP contribution in [-0.4, -0.2) is 13.1 Å². The van der Waals surface area contributed by atoms with E-state index in [1.165, 1.54) is 26.4 Å². The van der Waals surface area contributed by atoms with Crippen LogP contribution in [0.2, 0.25) is 0 Å². The van der Waals surface area contributed by atoms with Crippen molar-refractivity contribution in [2.75, 3.05) is 7.11 Å². The molecule has 0 aliphatic rings. The molecular formula is C14H24O2. The van der Waals surface area contributed by atoms with E-state index in [2.05, 4.69) is 23.5 Å². The zero-order chi connectivity index (χ0) is 12.1. The molecule has 0 heterocycles. The Morgan fingerprint density at radius 3 is 2.50 bits per heavy atom. The highest BCUT2D eigenvalue weighted by molar-refractivity contribution is 5.68. The molecule has 0 N–H and O–H groups in total. The van der Waals surface area contributed by atoms with Gasteiger partial charge in [0.1, 0.15) is 0 Å². The van der Waals surface area contributed by atoms with Gasteiger partial charge in [0.25, 0.3) is 0 Å². The molecule has 0 aliphatic heterocycles. The second-order valence-electron chi connectivity index (χ2n) is 3.88. The van der Waals surface area contributed by atoms with Crippen molar-refractivity contribution >= 4 is 5.97 Å². The number of methoxy groups -OCH3 is 1. The minimum absolute atomic E-state index is 0.0904. The first-order valence-corrected chi connectivity index (χ1v) is 6.14. The van der Waals surface area contributed by atoms with Crippen LogP contribution in [0.4, 0.5) is 0 Å². The molecule has 92 valence electrons. The molecule has 0 radical (unpaired) electrons. The Morgan fingerprint density at radius 2 is 1.81 bits per heavy atom. The molecule has 0 saturated heterocycles. The van der Waals surface area contributed by atoms with Crippen molar-refractivity contribution < 1.29 is 9.53 Å². The lowest BCUT2D eigenvalue weighted by molar-refractivity contribution is -0.140. The molecule has 0 aliphatic carbocycles. The molecule has 16 heavy (non-hydrogen) atoms. The summed E-state index contributed by atoms with van der Waals surface area (Å²) in [6, 6.07) is 0. The number of esters is 1. The van der Waals surface area contributed by atoms with Gasteiger partial charge in [-0.1, -0.05) is 37.5 Å². The Bertz CT molecular complexity index is 207. The molecule has 2 nitrogen and oxygen atoms in total. The maximum atomic E-state index is 10.8. The van der Waals surface area contributed by atoms with Crippen molar-refractivity contribution in [2.24, 2.45) is 0 Å². The topological polar surface area (TPSA) is 26.3 Å². The summed E-state index contributed by atoms with van der Waals surface area (Å²) >= 11 is 0. The van der Waals surface area contributed by atoms with E-state index in [1.54, 1.807) is 0 Å². The maximum Gasteiger partial charge on any atom is 0.305 e. The van der Waals surface area contributed by atoms with Crippen LogP contribution >= 0.6 is 0 Å². The Kier molecular flexibility index (Phi) is 11.2. The second kappa shape index (κ2) is 12.0. The molecule has 0 bridgehead atoms. The fourth-order valence-corrected chi connectivity index (χ4v) is 1.47. The van der Waals surface area contributed by atoms with E-state index in [0.29, 0.717) is 6.42 Å². The third-order valence-corrected chi connectivity index (χ3v) is 2.45. The van der Waals surface area contributed by atoms with Gasteiger partial charge in [0.15, 0.2) is 0 Å². The molecular weight excluding hydrogens is 200 g/mol. The molecule has 0 rings (SSSR count). The Hall–Kier alpha value is -1.05. The minimum Gasteiger partial charge on any atom is -0.469 e. The lowest BCUT2D eigenvalue weighted by Crippen LogP contribution is -1.98. The van der Waals surface area contributed by atoms with Gasteiger partial charge in [0, 0.05) is 6.42 Å². The highest BCUT2D eigenvalue weighted by atomic mass is 16.5. The maximum absolute atomic E-state index is 10.8. The summed E-state index contributed by atoms with van der Waals surface area (Å²) in [6.07, 6.45) is 14.8. The summed E-state index contributed by atoms with van der Waals surface area (Å²) in [5.41, 5.74) is 0. The van der Waals surface area contributed by atoms with Gasteiger partial charge in [0.2, 0.25) is 0 Å². The minimum atomic E-state index is -0.0904. The van der Waals surface area contributed by atoms with Crippen molar-refractivity contribution in [2.45, 2.75) is 51.4 Å². The van der Waals surface area contributed by atoms with Crippen LogP contribution in [0.15, 0.2) is 24.8 Å². The predicted molar refractivity (Wildman–Crippen MR) is 68.3 cm³/mol. The van der Waals surface area contributed by atoms with Crippen LogP contribution in [0.1, 0.15) is 51.4 Å². The SMILES string of the molecule is C=CC/C=C/CCCCCCCC(=O)OC. The third kappa shape index (κ3) is 11.0. The van der Waals surface area contributed by atoms with E-state index in [1.807, 2.05) is 6.08 Å². The molecule has 0 aromatic heterocycles. The molecule has 0 amide bonds. The van der Waals surface area contributed by atoms with E-state index >= 15 is 0 Å². The number of rotatable bonds is 10. The number of carbonyl (C=O) groups excluding carboxylic acids is 1. The quantitative estimate of drug-likeness (QED) is 0.318. The number of hydrogen-bond donors (Lipinski definition) is 0. The molecule has 0 unspecified atom stereocenters. The van der Waals surface area contributed by atoms with E-state index in [9.17, 15) is 4.79 Å². The monoisotopic (exact) mass is 224 g/mol. The van der Waals surface area contributed by atoms with Gasteiger partial charge in [-0.3, -0.25) is 4.79 Å². The highest BCUT2D eigenvalue weighted by Crippen LogP contribution is 2.08. The van der Waals surface area contributed by atoms with Crippen molar-refractivity contribution in [1.82, 2.24) is 0 Å². The Labute approximate surface area is 99.4 Å². The number of allylic oxidation sites excluding steroid dienone is 3. The summed E-state index contributed by atoms with van der Waals surface area (Å²) in [4.78, 5) is 10.8. The van der Waals surface area contributed by atoms with Gasteiger partial charge in [0.05, 0.1) is 7.11 Å². The summed E-state index contributed by atoms with van der Waals surface area (Å²) in [5, 5.41) is 0. The van der Waals surface area contributed by atoms with Crippen LogP contribution in [0, 0.1) is 0 Å². The molecule has 0 spiro atoms. The second-order valence-corrected chi connectivity index (χ2v) is 3.88. The summed E-state index contributed by atoms with van der Waals surface area (Å²) < 4.78 is 4.58. The first-order chi connectivity index (χ1) is 7.81. The van der Waals surface area contributed by atoms with E-state index in [-0.39, 0.29) is 5.97 Å². The van der Waals surface area contributed by atoms with E-state index < -0.39 is 0 Å². The van der Waals surface area contributed by atoms with Crippen molar-refractivity contribution in [3.8, 4) is 0 Å². The first kappa shape index (κ1) is 14.9. The van der Waals surface area contributed by atoms with Crippen LogP contribution in [0.25, 0.3) is 0 Å². The Balaban J connectivity index is 3.09. The van der Waals surface area contributed by atoms with E-state index in [0.717, 1.165) is 25.7 Å². The van der Waals surface area contributed by atoms with Gasteiger partial charge in [-0.15, -0.1) is 6.58 Å². The van der Waals surface area contributed by atoms with Crippen LogP contribution in [0.3, 0.4) is 0 Å².